The second kappa shape index (κ2) is 5.41. The lowest BCUT2D eigenvalue weighted by Gasteiger charge is -2.24. The van der Waals surface area contributed by atoms with Crippen LogP contribution in [0.2, 0.25) is 0 Å². The number of ether oxygens (including phenoxy) is 1. The van der Waals surface area contributed by atoms with Gasteiger partial charge in [0.05, 0.1) is 6.10 Å². The van der Waals surface area contributed by atoms with Crippen LogP contribution in [0, 0.1) is 5.82 Å². The molecular weight excluding hydrogens is 205 g/mol. The van der Waals surface area contributed by atoms with Crippen LogP contribution in [0.4, 0.5) is 4.39 Å². The number of rotatable bonds is 4. The molecule has 0 spiro atoms. The van der Waals surface area contributed by atoms with Crippen molar-refractivity contribution in [2.45, 2.75) is 32.4 Å². The maximum atomic E-state index is 13.1. The molecule has 0 aliphatic rings. The number of halogens is 1. The first-order valence-corrected chi connectivity index (χ1v) is 5.45. The number of hydrogen-bond acceptors (Lipinski definition) is 2. The topological polar surface area (TPSA) is 21.3 Å². The maximum absolute atomic E-state index is 13.1. The van der Waals surface area contributed by atoms with Crippen LogP contribution in [0.3, 0.4) is 0 Å². The van der Waals surface area contributed by atoms with Crippen LogP contribution >= 0.6 is 0 Å². The minimum Gasteiger partial charge on any atom is -0.375 e. The smallest absolute Gasteiger partial charge is 0.123 e. The van der Waals surface area contributed by atoms with Crippen molar-refractivity contribution in [2.75, 3.05) is 13.7 Å². The summed E-state index contributed by atoms with van der Waals surface area (Å²) in [5.41, 5.74) is 0.892. The number of benzene rings is 1. The van der Waals surface area contributed by atoms with E-state index in [-0.39, 0.29) is 17.5 Å². The van der Waals surface area contributed by atoms with E-state index in [1.165, 1.54) is 12.1 Å². The van der Waals surface area contributed by atoms with Crippen molar-refractivity contribution in [1.82, 2.24) is 5.32 Å². The lowest BCUT2D eigenvalue weighted by atomic mass is 10.1. The van der Waals surface area contributed by atoms with Gasteiger partial charge in [0.25, 0.3) is 0 Å². The van der Waals surface area contributed by atoms with Crippen molar-refractivity contribution in [3.63, 3.8) is 0 Å². The van der Waals surface area contributed by atoms with Gasteiger partial charge in [-0.1, -0.05) is 12.1 Å². The molecule has 1 aromatic rings. The Morgan fingerprint density at radius 3 is 2.56 bits per heavy atom. The molecule has 16 heavy (non-hydrogen) atoms. The predicted molar refractivity (Wildman–Crippen MR) is 63.9 cm³/mol. The summed E-state index contributed by atoms with van der Waals surface area (Å²) >= 11 is 0. The summed E-state index contributed by atoms with van der Waals surface area (Å²) in [5, 5.41) is 3.34. The molecule has 0 aliphatic carbocycles. The highest BCUT2D eigenvalue weighted by molar-refractivity contribution is 5.19. The Kier molecular flexibility index (Phi) is 4.44. The highest BCUT2D eigenvalue weighted by Crippen LogP contribution is 2.17. The molecule has 0 bridgehead atoms. The van der Waals surface area contributed by atoms with Gasteiger partial charge >= 0.3 is 0 Å². The minimum atomic E-state index is -0.227. The highest BCUT2D eigenvalue weighted by Gasteiger charge is 2.15. The summed E-state index contributed by atoms with van der Waals surface area (Å²) in [6, 6.07) is 6.53. The van der Waals surface area contributed by atoms with Crippen LogP contribution in [0.25, 0.3) is 0 Å². The first-order chi connectivity index (χ1) is 7.42. The Morgan fingerprint density at radius 2 is 2.06 bits per heavy atom. The van der Waals surface area contributed by atoms with Crippen molar-refractivity contribution in [2.24, 2.45) is 0 Å². The van der Waals surface area contributed by atoms with E-state index in [0.29, 0.717) is 6.54 Å². The molecule has 0 aromatic heterocycles. The number of methoxy groups -OCH3 is 1. The van der Waals surface area contributed by atoms with E-state index in [1.807, 2.05) is 6.07 Å². The van der Waals surface area contributed by atoms with Crippen molar-refractivity contribution in [3.05, 3.63) is 35.6 Å². The average Bonchev–Trinajstić information content (AvgIpc) is 2.17. The fraction of sp³-hybridized carbons (Fsp3) is 0.538. The fourth-order valence-corrected chi connectivity index (χ4v) is 1.44. The van der Waals surface area contributed by atoms with Gasteiger partial charge in [-0.2, -0.15) is 0 Å². The quantitative estimate of drug-likeness (QED) is 0.850. The predicted octanol–water partition coefficient (Wildman–Crippen LogP) is 2.90. The molecule has 0 aliphatic heterocycles. The summed E-state index contributed by atoms with van der Waals surface area (Å²) in [5.74, 6) is -0.227. The minimum absolute atomic E-state index is 0.0319. The molecule has 1 rings (SSSR count). The van der Waals surface area contributed by atoms with Gasteiger partial charge in [-0.25, -0.2) is 4.39 Å². The SMILES string of the molecule is COC(CNC(C)(C)C)c1cccc(F)c1. The number of hydrogen-bond donors (Lipinski definition) is 1. The Bertz CT molecular complexity index is 333. The van der Waals surface area contributed by atoms with Gasteiger partial charge in [0, 0.05) is 19.2 Å². The van der Waals surface area contributed by atoms with Crippen LogP contribution < -0.4 is 5.32 Å². The zero-order valence-electron chi connectivity index (χ0n) is 10.4. The Morgan fingerprint density at radius 1 is 1.38 bits per heavy atom. The van der Waals surface area contributed by atoms with Crippen LogP contribution in [0.1, 0.15) is 32.4 Å². The molecule has 0 saturated carbocycles. The molecular formula is C13H20FNO. The van der Waals surface area contributed by atoms with Gasteiger partial charge in [0.1, 0.15) is 5.82 Å². The molecule has 1 aromatic carbocycles. The van der Waals surface area contributed by atoms with Gasteiger partial charge < -0.3 is 10.1 Å². The van der Waals surface area contributed by atoms with Gasteiger partial charge in [-0.05, 0) is 38.5 Å². The Hall–Kier alpha value is -0.930. The van der Waals surface area contributed by atoms with Crippen molar-refractivity contribution >= 4 is 0 Å². The van der Waals surface area contributed by atoms with E-state index in [9.17, 15) is 4.39 Å². The van der Waals surface area contributed by atoms with Gasteiger partial charge in [-0.15, -0.1) is 0 Å². The largest absolute Gasteiger partial charge is 0.375 e. The van der Waals surface area contributed by atoms with Crippen LogP contribution in [0.5, 0.6) is 0 Å². The Labute approximate surface area is 96.8 Å². The third-order valence-electron chi connectivity index (χ3n) is 2.32. The molecule has 3 heteroatoms. The lowest BCUT2D eigenvalue weighted by molar-refractivity contribution is 0.0957. The second-order valence-electron chi connectivity index (χ2n) is 4.91. The normalized spacial score (nSPS) is 13.8. The summed E-state index contributed by atoms with van der Waals surface area (Å²) in [6.07, 6.45) is -0.116. The fourth-order valence-electron chi connectivity index (χ4n) is 1.44. The average molecular weight is 225 g/mol. The summed E-state index contributed by atoms with van der Waals surface area (Å²) in [6.45, 7) is 6.94. The molecule has 2 nitrogen and oxygen atoms in total. The molecule has 0 radical (unpaired) electrons. The first-order valence-electron chi connectivity index (χ1n) is 5.45. The van der Waals surface area contributed by atoms with Crippen LogP contribution in [0.15, 0.2) is 24.3 Å². The first kappa shape index (κ1) is 13.1. The van der Waals surface area contributed by atoms with Crippen molar-refractivity contribution < 1.29 is 9.13 Å². The zero-order valence-corrected chi connectivity index (χ0v) is 10.4. The molecule has 90 valence electrons. The van der Waals surface area contributed by atoms with Crippen LogP contribution in [-0.2, 0) is 4.74 Å². The monoisotopic (exact) mass is 225 g/mol. The van der Waals surface area contributed by atoms with E-state index in [0.717, 1.165) is 5.56 Å². The number of nitrogens with one attached hydrogen (secondary N) is 1. The highest BCUT2D eigenvalue weighted by atomic mass is 19.1. The summed E-state index contributed by atoms with van der Waals surface area (Å²) < 4.78 is 18.4. The van der Waals surface area contributed by atoms with Gasteiger partial charge in [0.15, 0.2) is 0 Å². The summed E-state index contributed by atoms with van der Waals surface area (Å²) in [4.78, 5) is 0. The molecule has 1 atom stereocenters. The van der Waals surface area contributed by atoms with E-state index >= 15 is 0 Å². The van der Waals surface area contributed by atoms with Crippen LogP contribution in [-0.4, -0.2) is 19.2 Å². The molecule has 0 heterocycles. The van der Waals surface area contributed by atoms with Gasteiger partial charge in [-0.3, -0.25) is 0 Å². The van der Waals surface area contributed by atoms with E-state index < -0.39 is 0 Å². The molecule has 1 N–H and O–H groups in total. The third-order valence-corrected chi connectivity index (χ3v) is 2.32. The van der Waals surface area contributed by atoms with Crippen molar-refractivity contribution in [3.8, 4) is 0 Å². The maximum Gasteiger partial charge on any atom is 0.123 e. The second-order valence-corrected chi connectivity index (χ2v) is 4.91. The molecule has 0 saturated heterocycles. The third kappa shape index (κ3) is 4.29. The lowest BCUT2D eigenvalue weighted by Crippen LogP contribution is -2.38. The molecule has 0 fully saturated rings. The Balaban J connectivity index is 2.68. The van der Waals surface area contributed by atoms with E-state index in [1.54, 1.807) is 13.2 Å². The molecule has 1 unspecified atom stereocenters. The standard InChI is InChI=1S/C13H20FNO/c1-13(2,3)15-9-12(16-4)10-6-5-7-11(14)8-10/h5-8,12,15H,9H2,1-4H3. The van der Waals surface area contributed by atoms with E-state index in [2.05, 4.69) is 26.1 Å². The zero-order chi connectivity index (χ0) is 12.2. The van der Waals surface area contributed by atoms with Gasteiger partial charge in [0.2, 0.25) is 0 Å². The van der Waals surface area contributed by atoms with Crippen molar-refractivity contribution in [1.29, 1.82) is 0 Å². The van der Waals surface area contributed by atoms with E-state index in [4.69, 9.17) is 4.74 Å². The summed E-state index contributed by atoms with van der Waals surface area (Å²) in [7, 11) is 1.64. The molecule has 0 amide bonds.